The topological polar surface area (TPSA) is 26.0 Å². The molecular weight excluding hydrogens is 350 g/mol. The third kappa shape index (κ3) is 3.54. The molecule has 1 heteroatoms. The maximum absolute atomic E-state index is 5.82. The molecule has 2 N–H and O–H groups in total. The van der Waals surface area contributed by atoms with Crippen LogP contribution in [0.1, 0.15) is 125 Å². The fourth-order valence-electron chi connectivity index (χ4n) is 9.66. The molecule has 1 nitrogen and oxygen atoms in total. The largest absolute Gasteiger partial charge is 0.330 e. The lowest BCUT2D eigenvalue weighted by Crippen LogP contribution is -2.62. The van der Waals surface area contributed by atoms with Gasteiger partial charge in [-0.1, -0.05) is 67.2 Å². The van der Waals surface area contributed by atoms with E-state index in [0.717, 1.165) is 36.1 Å². The summed E-state index contributed by atoms with van der Waals surface area (Å²) in [4.78, 5) is 0. The Kier molecular flexibility index (Phi) is 7.20. The number of rotatable bonds is 5. The van der Waals surface area contributed by atoms with E-state index in [-0.39, 0.29) is 7.43 Å². The van der Waals surface area contributed by atoms with Gasteiger partial charge >= 0.3 is 0 Å². The van der Waals surface area contributed by atoms with Crippen LogP contribution < -0.4 is 5.73 Å². The second-order valence-corrected chi connectivity index (χ2v) is 12.2. The summed E-state index contributed by atoms with van der Waals surface area (Å²) in [5.74, 6) is 4.98. The van der Waals surface area contributed by atoms with E-state index in [2.05, 4.69) is 27.7 Å². The average molecular weight is 404 g/mol. The molecule has 29 heavy (non-hydrogen) atoms. The molecule has 4 aliphatic carbocycles. The molecule has 4 rings (SSSR count). The summed E-state index contributed by atoms with van der Waals surface area (Å²) in [6.07, 6.45) is 20.6. The minimum atomic E-state index is 0. The van der Waals surface area contributed by atoms with Gasteiger partial charge in [-0.2, -0.15) is 0 Å². The van der Waals surface area contributed by atoms with E-state index < -0.39 is 0 Å². The first-order chi connectivity index (χ1) is 13.4. The maximum atomic E-state index is 5.82. The normalized spacial score (nSPS) is 49.3. The molecule has 0 spiro atoms. The first-order valence-electron chi connectivity index (χ1n) is 13.1. The van der Waals surface area contributed by atoms with Crippen molar-refractivity contribution in [3.8, 4) is 0 Å². The lowest BCUT2D eigenvalue weighted by Gasteiger charge is -2.70. The summed E-state index contributed by atoms with van der Waals surface area (Å²) in [6, 6.07) is 0. The van der Waals surface area contributed by atoms with E-state index in [1.54, 1.807) is 6.42 Å². The van der Waals surface area contributed by atoms with Crippen LogP contribution in [0, 0.1) is 45.8 Å². The maximum Gasteiger partial charge on any atom is -0.00773 e. The van der Waals surface area contributed by atoms with E-state index in [1.807, 2.05) is 0 Å². The third-order valence-electron chi connectivity index (χ3n) is 11.6. The molecule has 4 fully saturated rings. The molecular formula is C28H53N. The van der Waals surface area contributed by atoms with Crippen molar-refractivity contribution in [1.29, 1.82) is 0 Å². The van der Waals surface area contributed by atoms with Crippen LogP contribution in [0.25, 0.3) is 0 Å². The van der Waals surface area contributed by atoms with E-state index in [1.165, 1.54) is 83.5 Å². The van der Waals surface area contributed by atoms with Gasteiger partial charge in [-0.3, -0.25) is 0 Å². The van der Waals surface area contributed by atoms with Crippen molar-refractivity contribution in [1.82, 2.24) is 0 Å². The number of hydrogen-bond donors (Lipinski definition) is 1. The Morgan fingerprint density at radius 2 is 1.52 bits per heavy atom. The molecule has 0 aromatic rings. The van der Waals surface area contributed by atoms with Crippen LogP contribution in [-0.4, -0.2) is 6.54 Å². The minimum absolute atomic E-state index is 0. The van der Waals surface area contributed by atoms with Crippen LogP contribution in [0.15, 0.2) is 0 Å². The van der Waals surface area contributed by atoms with Crippen molar-refractivity contribution >= 4 is 0 Å². The molecule has 6 unspecified atom stereocenters. The Bertz CT molecular complexity index is 542. The van der Waals surface area contributed by atoms with Crippen LogP contribution in [0.5, 0.6) is 0 Å². The molecule has 0 radical (unpaired) electrons. The fourth-order valence-corrected chi connectivity index (χ4v) is 9.66. The molecule has 0 bridgehead atoms. The van der Waals surface area contributed by atoms with Crippen LogP contribution in [0.4, 0.5) is 0 Å². The highest BCUT2D eigenvalue weighted by molar-refractivity contribution is 5.14. The zero-order chi connectivity index (χ0) is 20.0. The van der Waals surface area contributed by atoms with Crippen molar-refractivity contribution in [2.75, 3.05) is 6.54 Å². The zero-order valence-electron chi connectivity index (χ0n) is 19.6. The number of unbranched alkanes of at least 4 members (excludes halogenated alkanes) is 1. The standard InChI is InChI=1S/C27H49N.CH4/c1-5-20-19-24-23-14-10-12-21(11-7-9-18-28)25(23,2)16-17-27(24,4)26(3)15-8-6-13-22(20)26;/h20-24H,5-19,28H2,1-4H3;1H4/t20-,21?,22?,23?,24?,25?,26?,27-;/m0./s1. The minimum Gasteiger partial charge on any atom is -0.330 e. The second-order valence-electron chi connectivity index (χ2n) is 12.2. The predicted octanol–water partition coefficient (Wildman–Crippen LogP) is 8.22. The molecule has 170 valence electrons. The van der Waals surface area contributed by atoms with Gasteiger partial charge in [-0.25, -0.2) is 0 Å². The van der Waals surface area contributed by atoms with Gasteiger partial charge in [0, 0.05) is 0 Å². The second kappa shape index (κ2) is 8.84. The summed E-state index contributed by atoms with van der Waals surface area (Å²) in [7, 11) is 0. The quantitative estimate of drug-likeness (QED) is 0.460. The molecule has 0 heterocycles. The molecule has 8 atom stereocenters. The van der Waals surface area contributed by atoms with Crippen molar-refractivity contribution in [2.45, 2.75) is 125 Å². The van der Waals surface area contributed by atoms with Crippen molar-refractivity contribution in [3.05, 3.63) is 0 Å². The number of nitrogens with two attached hydrogens (primary N) is 1. The van der Waals surface area contributed by atoms with E-state index in [0.29, 0.717) is 16.2 Å². The van der Waals surface area contributed by atoms with E-state index in [4.69, 9.17) is 5.73 Å². The summed E-state index contributed by atoms with van der Waals surface area (Å²) < 4.78 is 0. The molecule has 0 aromatic carbocycles. The van der Waals surface area contributed by atoms with Gasteiger partial charge in [0.2, 0.25) is 0 Å². The first-order valence-corrected chi connectivity index (χ1v) is 13.1. The average Bonchev–Trinajstić information content (AvgIpc) is 2.69. The van der Waals surface area contributed by atoms with Gasteiger partial charge in [0.1, 0.15) is 0 Å². The summed E-state index contributed by atoms with van der Waals surface area (Å²) in [5.41, 5.74) is 7.66. The van der Waals surface area contributed by atoms with Gasteiger partial charge in [0.25, 0.3) is 0 Å². The van der Waals surface area contributed by atoms with Gasteiger partial charge in [-0.15, -0.1) is 0 Å². The van der Waals surface area contributed by atoms with Crippen LogP contribution >= 0.6 is 0 Å². The van der Waals surface area contributed by atoms with Crippen LogP contribution in [0.2, 0.25) is 0 Å². The lowest BCUT2D eigenvalue weighted by atomic mass is 9.35. The summed E-state index contributed by atoms with van der Waals surface area (Å²) in [5, 5.41) is 0. The SMILES string of the molecule is C.CC[C@H]1CC2C3CCCC(CCCCN)C3(C)CC[C@]2(C)C2(C)CCCCC12. The van der Waals surface area contributed by atoms with E-state index in [9.17, 15) is 0 Å². The Labute approximate surface area is 183 Å². The first kappa shape index (κ1) is 23.6. The molecule has 0 saturated heterocycles. The monoisotopic (exact) mass is 403 g/mol. The molecule has 0 aliphatic heterocycles. The molecule has 4 aliphatic rings. The Hall–Kier alpha value is -0.0400. The third-order valence-corrected chi connectivity index (χ3v) is 11.6. The predicted molar refractivity (Wildman–Crippen MR) is 128 cm³/mol. The van der Waals surface area contributed by atoms with E-state index >= 15 is 0 Å². The number of hydrogen-bond acceptors (Lipinski definition) is 1. The lowest BCUT2D eigenvalue weighted by molar-refractivity contribution is -0.212. The van der Waals surface area contributed by atoms with Gasteiger partial charge in [0.15, 0.2) is 0 Å². The Morgan fingerprint density at radius 1 is 0.793 bits per heavy atom. The Balaban J connectivity index is 0.00000240. The fraction of sp³-hybridized carbons (Fsp3) is 1.00. The van der Waals surface area contributed by atoms with Gasteiger partial charge in [-0.05, 0) is 110 Å². The Morgan fingerprint density at radius 3 is 2.24 bits per heavy atom. The highest BCUT2D eigenvalue weighted by atomic mass is 14.7. The van der Waals surface area contributed by atoms with Gasteiger partial charge < -0.3 is 5.73 Å². The smallest absolute Gasteiger partial charge is 0.00773 e. The van der Waals surface area contributed by atoms with Crippen molar-refractivity contribution in [3.63, 3.8) is 0 Å². The molecule has 4 saturated carbocycles. The number of fused-ring (bicyclic) bond motifs is 5. The summed E-state index contributed by atoms with van der Waals surface area (Å²) in [6.45, 7) is 11.7. The van der Waals surface area contributed by atoms with Crippen LogP contribution in [0.3, 0.4) is 0 Å². The van der Waals surface area contributed by atoms with Crippen molar-refractivity contribution in [2.24, 2.45) is 51.6 Å². The van der Waals surface area contributed by atoms with Crippen molar-refractivity contribution < 1.29 is 0 Å². The van der Waals surface area contributed by atoms with Gasteiger partial charge in [0.05, 0.1) is 0 Å². The molecule has 0 aromatic heterocycles. The summed E-state index contributed by atoms with van der Waals surface area (Å²) >= 11 is 0. The zero-order valence-corrected chi connectivity index (χ0v) is 19.6. The highest BCUT2D eigenvalue weighted by Crippen LogP contribution is 2.73. The van der Waals surface area contributed by atoms with Crippen LogP contribution in [-0.2, 0) is 0 Å². The molecule has 0 amide bonds. The highest BCUT2D eigenvalue weighted by Gasteiger charge is 2.65.